The summed E-state index contributed by atoms with van der Waals surface area (Å²) < 4.78 is 0. The third kappa shape index (κ3) is 2.54. The maximum Gasteiger partial charge on any atom is 0.145 e. The van der Waals surface area contributed by atoms with Gasteiger partial charge in [0, 0.05) is 11.8 Å². The number of aliphatic hydroxyl groups is 1. The van der Waals surface area contributed by atoms with E-state index in [1.165, 1.54) is 0 Å². The Morgan fingerprint density at radius 1 is 1.50 bits per heavy atom. The van der Waals surface area contributed by atoms with Gasteiger partial charge >= 0.3 is 0 Å². The molecular weight excluding hydrogens is 200 g/mol. The minimum atomic E-state index is -0.571. The van der Waals surface area contributed by atoms with Crippen LogP contribution in [0.2, 0.25) is 0 Å². The number of aliphatic hydroxyl groups excluding tert-OH is 1. The Balaban J connectivity index is 2.91. The predicted octanol–water partition coefficient (Wildman–Crippen LogP) is 2.95. The van der Waals surface area contributed by atoms with Gasteiger partial charge in [0.2, 0.25) is 0 Å². The molecule has 2 nitrogen and oxygen atoms in total. The van der Waals surface area contributed by atoms with Gasteiger partial charge in [-0.25, -0.2) is 0 Å². The molecule has 0 radical (unpaired) electrons. The van der Waals surface area contributed by atoms with Crippen LogP contribution in [0.4, 0.5) is 0 Å². The van der Waals surface area contributed by atoms with Gasteiger partial charge < -0.3 is 5.11 Å². The van der Waals surface area contributed by atoms with E-state index >= 15 is 0 Å². The number of hydrogen-bond donors (Lipinski definition) is 1. The average Bonchev–Trinajstić information content (AvgIpc) is 2.14. The molecule has 0 heterocycles. The van der Waals surface area contributed by atoms with E-state index < -0.39 is 6.10 Å². The van der Waals surface area contributed by atoms with Gasteiger partial charge in [-0.15, -0.1) is 0 Å². The molecule has 3 unspecified atom stereocenters. The van der Waals surface area contributed by atoms with Crippen LogP contribution in [0.3, 0.4) is 0 Å². The molecular formula is C14H24O2. The van der Waals surface area contributed by atoms with Crippen molar-refractivity contribution in [1.29, 1.82) is 0 Å². The lowest BCUT2D eigenvalue weighted by molar-refractivity contribution is -0.132. The Bertz CT molecular complexity index is 289. The van der Waals surface area contributed by atoms with E-state index in [0.717, 1.165) is 24.8 Å². The SMILES string of the molecule is C=C1CCCC(C)(C)C1C(=O)C(C)C(C)O. The zero-order valence-electron chi connectivity index (χ0n) is 10.9. The zero-order valence-corrected chi connectivity index (χ0v) is 10.9. The van der Waals surface area contributed by atoms with Crippen molar-refractivity contribution in [2.75, 3.05) is 0 Å². The molecule has 1 saturated carbocycles. The molecule has 0 aliphatic heterocycles. The predicted molar refractivity (Wildman–Crippen MR) is 66.1 cm³/mol. The quantitative estimate of drug-likeness (QED) is 0.748. The summed E-state index contributed by atoms with van der Waals surface area (Å²) in [5.41, 5.74) is 1.05. The molecule has 0 spiro atoms. The molecule has 0 aromatic heterocycles. The Morgan fingerprint density at radius 3 is 2.50 bits per heavy atom. The summed E-state index contributed by atoms with van der Waals surface area (Å²) in [6.07, 6.45) is 2.57. The number of Topliss-reactive ketones (excluding diaryl/α,β-unsaturated/α-hetero) is 1. The van der Waals surface area contributed by atoms with Crippen LogP contribution in [0.25, 0.3) is 0 Å². The molecule has 1 aliphatic rings. The van der Waals surface area contributed by atoms with Crippen molar-refractivity contribution in [2.45, 2.75) is 53.1 Å². The van der Waals surface area contributed by atoms with Gasteiger partial charge in [0.25, 0.3) is 0 Å². The van der Waals surface area contributed by atoms with Crippen LogP contribution < -0.4 is 0 Å². The lowest BCUT2D eigenvalue weighted by atomic mass is 9.63. The van der Waals surface area contributed by atoms with Gasteiger partial charge in [0.15, 0.2) is 0 Å². The number of allylic oxidation sites excluding steroid dienone is 1. The first-order valence-electron chi connectivity index (χ1n) is 6.17. The van der Waals surface area contributed by atoms with Crippen molar-refractivity contribution in [2.24, 2.45) is 17.3 Å². The Morgan fingerprint density at radius 2 is 2.06 bits per heavy atom. The summed E-state index contributed by atoms with van der Waals surface area (Å²) >= 11 is 0. The van der Waals surface area contributed by atoms with Gasteiger partial charge in [-0.1, -0.05) is 32.9 Å². The maximum absolute atomic E-state index is 12.3. The molecule has 0 aromatic carbocycles. The summed E-state index contributed by atoms with van der Waals surface area (Å²) in [6, 6.07) is 0. The number of carbonyl (C=O) groups is 1. The lowest BCUT2D eigenvalue weighted by Gasteiger charge is -2.40. The van der Waals surface area contributed by atoms with Crippen molar-refractivity contribution in [1.82, 2.24) is 0 Å². The van der Waals surface area contributed by atoms with E-state index in [1.807, 2.05) is 6.92 Å². The highest BCUT2D eigenvalue weighted by molar-refractivity contribution is 5.87. The molecule has 92 valence electrons. The second kappa shape index (κ2) is 4.70. The third-order valence-corrected chi connectivity index (χ3v) is 3.97. The first kappa shape index (κ1) is 13.4. The van der Waals surface area contributed by atoms with Crippen LogP contribution in [0.15, 0.2) is 12.2 Å². The van der Waals surface area contributed by atoms with Crippen LogP contribution in [0.5, 0.6) is 0 Å². The smallest absolute Gasteiger partial charge is 0.145 e. The standard InChI is InChI=1S/C14H24O2/c1-9-7-6-8-14(4,5)12(9)13(16)10(2)11(3)15/h10-12,15H,1,6-8H2,2-5H3. The number of ketones is 1. The monoisotopic (exact) mass is 224 g/mol. The number of rotatable bonds is 3. The number of hydrogen-bond acceptors (Lipinski definition) is 2. The highest BCUT2D eigenvalue weighted by Crippen LogP contribution is 2.44. The fourth-order valence-electron chi connectivity index (χ4n) is 2.70. The van der Waals surface area contributed by atoms with Crippen LogP contribution in [-0.2, 0) is 4.79 Å². The zero-order chi connectivity index (χ0) is 12.5. The van der Waals surface area contributed by atoms with Gasteiger partial charge in [-0.2, -0.15) is 0 Å². The molecule has 16 heavy (non-hydrogen) atoms. The molecule has 3 atom stereocenters. The molecule has 0 saturated heterocycles. The van der Waals surface area contributed by atoms with E-state index in [-0.39, 0.29) is 23.0 Å². The van der Waals surface area contributed by atoms with E-state index in [0.29, 0.717) is 0 Å². The van der Waals surface area contributed by atoms with Crippen LogP contribution in [0, 0.1) is 17.3 Å². The molecule has 1 rings (SSSR count). The Labute approximate surface area is 98.7 Å². The van der Waals surface area contributed by atoms with E-state index in [9.17, 15) is 9.90 Å². The molecule has 0 aromatic rings. The normalized spacial score (nSPS) is 28.6. The fourth-order valence-corrected chi connectivity index (χ4v) is 2.70. The summed E-state index contributed by atoms with van der Waals surface area (Å²) in [6.45, 7) is 11.8. The second-order valence-electron chi connectivity index (χ2n) is 5.87. The van der Waals surface area contributed by atoms with Crippen LogP contribution >= 0.6 is 0 Å². The Kier molecular flexibility index (Phi) is 3.95. The van der Waals surface area contributed by atoms with E-state index in [1.54, 1.807) is 6.92 Å². The van der Waals surface area contributed by atoms with Gasteiger partial charge in [-0.05, 0) is 31.6 Å². The van der Waals surface area contributed by atoms with E-state index in [4.69, 9.17) is 0 Å². The van der Waals surface area contributed by atoms with Gasteiger partial charge in [0.1, 0.15) is 5.78 Å². The largest absolute Gasteiger partial charge is 0.393 e. The first-order chi connectivity index (χ1) is 7.27. The second-order valence-corrected chi connectivity index (χ2v) is 5.87. The first-order valence-corrected chi connectivity index (χ1v) is 6.17. The minimum Gasteiger partial charge on any atom is -0.393 e. The molecule has 1 fully saturated rings. The van der Waals surface area contributed by atoms with Gasteiger partial charge in [-0.3, -0.25) is 4.79 Å². The van der Waals surface area contributed by atoms with Crippen molar-refractivity contribution >= 4 is 5.78 Å². The van der Waals surface area contributed by atoms with Crippen molar-refractivity contribution in [3.63, 3.8) is 0 Å². The minimum absolute atomic E-state index is 0.00440. The summed E-state index contributed by atoms with van der Waals surface area (Å²) in [4.78, 5) is 12.3. The molecule has 0 bridgehead atoms. The summed E-state index contributed by atoms with van der Waals surface area (Å²) in [5, 5.41) is 9.53. The molecule has 2 heteroatoms. The van der Waals surface area contributed by atoms with Crippen molar-refractivity contribution in [3.8, 4) is 0 Å². The topological polar surface area (TPSA) is 37.3 Å². The Hall–Kier alpha value is -0.630. The molecule has 1 aliphatic carbocycles. The lowest BCUT2D eigenvalue weighted by Crippen LogP contribution is -2.40. The van der Waals surface area contributed by atoms with E-state index in [2.05, 4.69) is 20.4 Å². The van der Waals surface area contributed by atoms with Crippen LogP contribution in [0.1, 0.15) is 47.0 Å². The molecule has 1 N–H and O–H groups in total. The summed E-state index contributed by atoms with van der Waals surface area (Å²) in [5.74, 6) is -0.213. The number of carbonyl (C=O) groups excluding carboxylic acids is 1. The molecule has 0 amide bonds. The van der Waals surface area contributed by atoms with Crippen molar-refractivity contribution in [3.05, 3.63) is 12.2 Å². The maximum atomic E-state index is 12.3. The highest BCUT2D eigenvalue weighted by atomic mass is 16.3. The summed E-state index contributed by atoms with van der Waals surface area (Å²) in [7, 11) is 0. The fraction of sp³-hybridized carbons (Fsp3) is 0.786. The third-order valence-electron chi connectivity index (χ3n) is 3.97. The highest BCUT2D eigenvalue weighted by Gasteiger charge is 2.41. The van der Waals surface area contributed by atoms with Crippen LogP contribution in [-0.4, -0.2) is 17.0 Å². The average molecular weight is 224 g/mol. The van der Waals surface area contributed by atoms with Gasteiger partial charge in [0.05, 0.1) is 6.10 Å². The van der Waals surface area contributed by atoms with Crippen molar-refractivity contribution < 1.29 is 9.90 Å².